The van der Waals surface area contributed by atoms with E-state index in [9.17, 15) is 23.2 Å². The van der Waals surface area contributed by atoms with Gasteiger partial charge in [-0.3, -0.25) is 19.5 Å². The van der Waals surface area contributed by atoms with E-state index in [-0.39, 0.29) is 16.2 Å². The number of hydrogen-bond acceptors (Lipinski definition) is 5. The number of carbonyl (C=O) groups excluding carboxylic acids is 1. The molecule has 2 aromatic heterocycles. The van der Waals surface area contributed by atoms with E-state index >= 15 is 0 Å². The predicted octanol–water partition coefficient (Wildman–Crippen LogP) is 1.27. The number of hydrogen-bond donors (Lipinski definition) is 3. The molecular weight excluding hydrogens is 370 g/mol. The number of aliphatic carboxylic acids is 1. The molecule has 0 aliphatic heterocycles. The van der Waals surface area contributed by atoms with Crippen LogP contribution in [0.25, 0.3) is 5.65 Å². The zero-order valence-corrected chi connectivity index (χ0v) is 13.6. The van der Waals surface area contributed by atoms with Gasteiger partial charge in [-0.1, -0.05) is 11.8 Å². The second-order valence-corrected chi connectivity index (χ2v) is 6.12. The van der Waals surface area contributed by atoms with Gasteiger partial charge >= 0.3 is 5.97 Å². The molecule has 0 saturated carbocycles. The van der Waals surface area contributed by atoms with Crippen LogP contribution in [-0.4, -0.2) is 38.1 Å². The highest BCUT2D eigenvalue weighted by Gasteiger charge is 2.20. The first-order chi connectivity index (χ1) is 12.4. The zero-order chi connectivity index (χ0) is 18.8. The highest BCUT2D eigenvalue weighted by molar-refractivity contribution is 7.99. The largest absolute Gasteiger partial charge is 0.480 e. The first-order valence-electron chi connectivity index (χ1n) is 7.09. The third kappa shape index (κ3) is 3.42. The van der Waals surface area contributed by atoms with Gasteiger partial charge in [0.15, 0.2) is 22.7 Å². The molecule has 134 valence electrons. The van der Waals surface area contributed by atoms with Gasteiger partial charge in [0.1, 0.15) is 23.5 Å². The van der Waals surface area contributed by atoms with Crippen molar-refractivity contribution in [2.75, 3.05) is 6.54 Å². The highest BCUT2D eigenvalue weighted by atomic mass is 32.2. The number of pyridine rings is 1. The molecule has 0 bridgehead atoms. The first-order valence-corrected chi connectivity index (χ1v) is 7.90. The van der Waals surface area contributed by atoms with Crippen LogP contribution in [0, 0.1) is 11.6 Å². The van der Waals surface area contributed by atoms with Crippen molar-refractivity contribution >= 4 is 29.3 Å². The fourth-order valence-electron chi connectivity index (χ4n) is 2.16. The number of H-pyrrole nitrogens is 1. The number of nitrogens with one attached hydrogen (secondary N) is 2. The maximum atomic E-state index is 13.4. The Labute approximate surface area is 147 Å². The molecule has 3 rings (SSSR count). The Morgan fingerprint density at radius 3 is 2.73 bits per heavy atom. The summed E-state index contributed by atoms with van der Waals surface area (Å²) < 4.78 is 27.7. The maximum Gasteiger partial charge on any atom is 0.322 e. The molecular formula is C15H10F2N4O4S. The number of rotatable bonds is 5. The van der Waals surface area contributed by atoms with Crippen LogP contribution in [0.15, 0.2) is 45.3 Å². The van der Waals surface area contributed by atoms with Crippen molar-refractivity contribution in [1.29, 1.82) is 0 Å². The summed E-state index contributed by atoms with van der Waals surface area (Å²) in [6.07, 6.45) is 1.23. The summed E-state index contributed by atoms with van der Waals surface area (Å²) >= 11 is 0.957. The monoisotopic (exact) mass is 380 g/mol. The minimum atomic E-state index is -1.26. The number of halogens is 2. The van der Waals surface area contributed by atoms with Gasteiger partial charge in [0.05, 0.1) is 0 Å². The average Bonchev–Trinajstić information content (AvgIpc) is 3.05. The second-order valence-electron chi connectivity index (χ2n) is 5.02. The summed E-state index contributed by atoms with van der Waals surface area (Å²) in [7, 11) is 0. The molecule has 3 N–H and O–H groups in total. The van der Waals surface area contributed by atoms with Crippen molar-refractivity contribution in [1.82, 2.24) is 19.9 Å². The number of carbonyl (C=O) groups is 2. The van der Waals surface area contributed by atoms with Gasteiger partial charge in [0, 0.05) is 11.0 Å². The molecule has 0 radical (unpaired) electrons. The van der Waals surface area contributed by atoms with Crippen molar-refractivity contribution < 1.29 is 23.5 Å². The van der Waals surface area contributed by atoms with Gasteiger partial charge in [-0.15, -0.1) is 0 Å². The van der Waals surface area contributed by atoms with Crippen LogP contribution in [0.5, 0.6) is 0 Å². The third-order valence-electron chi connectivity index (χ3n) is 3.27. The van der Waals surface area contributed by atoms with Crippen LogP contribution in [0.2, 0.25) is 0 Å². The fraction of sp³-hybridized carbons (Fsp3) is 0.0667. The normalized spacial score (nSPS) is 10.8. The van der Waals surface area contributed by atoms with Crippen LogP contribution in [0.1, 0.15) is 10.4 Å². The molecule has 0 atom stereocenters. The maximum absolute atomic E-state index is 13.4. The summed E-state index contributed by atoms with van der Waals surface area (Å²) in [5.41, 5.74) is -1.04. The van der Waals surface area contributed by atoms with Gasteiger partial charge < -0.3 is 10.4 Å². The lowest BCUT2D eigenvalue weighted by Gasteiger charge is -2.08. The molecule has 0 unspecified atom stereocenters. The predicted molar refractivity (Wildman–Crippen MR) is 86.3 cm³/mol. The molecule has 0 saturated heterocycles. The summed E-state index contributed by atoms with van der Waals surface area (Å²) in [6, 6.07) is 4.38. The fourth-order valence-corrected chi connectivity index (χ4v) is 3.10. The Balaban J connectivity index is 2.01. The van der Waals surface area contributed by atoms with Crippen molar-refractivity contribution in [3.8, 4) is 0 Å². The molecule has 0 aliphatic rings. The average molecular weight is 380 g/mol. The molecule has 2 heterocycles. The van der Waals surface area contributed by atoms with E-state index < -0.39 is 35.5 Å². The quantitative estimate of drug-likeness (QED) is 0.614. The minimum absolute atomic E-state index is 0.0227. The molecule has 1 aromatic carbocycles. The Kier molecular flexibility index (Phi) is 4.71. The van der Waals surface area contributed by atoms with E-state index in [0.717, 1.165) is 30.0 Å². The molecule has 0 aliphatic carbocycles. The minimum Gasteiger partial charge on any atom is -0.480 e. The molecule has 0 spiro atoms. The van der Waals surface area contributed by atoms with Gasteiger partial charge in [0.2, 0.25) is 0 Å². The number of fused-ring (bicyclic) bond motifs is 1. The van der Waals surface area contributed by atoms with E-state index in [1.807, 2.05) is 0 Å². The standard InChI is InChI=1S/C15H10F2N4O4S/c16-8-2-1-7(3-9(8)17)26-11-4-10(22)13(14-19-6-20-21(11)14)15(25)18-5-12(23)24/h1-4,6H,5H2,(H,18,25)(H,19,20)(H,23,24). The molecule has 1 amide bonds. The van der Waals surface area contributed by atoms with Crippen LogP contribution in [0.4, 0.5) is 8.78 Å². The Bertz CT molecular complexity index is 1080. The molecule has 26 heavy (non-hydrogen) atoms. The number of aromatic nitrogens is 3. The topological polar surface area (TPSA) is 117 Å². The number of carboxylic acid groups (broad SMARTS) is 1. The zero-order valence-electron chi connectivity index (χ0n) is 12.8. The van der Waals surface area contributed by atoms with Crippen LogP contribution in [0.3, 0.4) is 0 Å². The first kappa shape index (κ1) is 17.6. The lowest BCUT2D eigenvalue weighted by molar-refractivity contribution is -0.135. The lowest BCUT2D eigenvalue weighted by atomic mass is 10.2. The van der Waals surface area contributed by atoms with Gasteiger partial charge in [-0.25, -0.2) is 18.3 Å². The van der Waals surface area contributed by atoms with E-state index in [1.54, 1.807) is 0 Å². The Morgan fingerprint density at radius 1 is 1.27 bits per heavy atom. The molecule has 3 aromatic rings. The van der Waals surface area contributed by atoms with Crippen LogP contribution in [-0.2, 0) is 4.79 Å². The van der Waals surface area contributed by atoms with Gasteiger partial charge in [-0.2, -0.15) is 0 Å². The number of carboxylic acids is 1. The summed E-state index contributed by atoms with van der Waals surface area (Å²) in [5, 5.41) is 13.7. The van der Waals surface area contributed by atoms with Crippen LogP contribution < -0.4 is 10.7 Å². The van der Waals surface area contributed by atoms with Crippen molar-refractivity contribution in [3.63, 3.8) is 0 Å². The van der Waals surface area contributed by atoms with E-state index in [1.165, 1.54) is 16.9 Å². The summed E-state index contributed by atoms with van der Waals surface area (Å²) in [5.74, 6) is -4.18. The molecule has 8 nitrogen and oxygen atoms in total. The van der Waals surface area contributed by atoms with Crippen molar-refractivity contribution in [2.45, 2.75) is 9.92 Å². The molecule has 0 fully saturated rings. The number of benzene rings is 1. The second kappa shape index (κ2) is 6.96. The molecule has 11 heteroatoms. The third-order valence-corrected chi connectivity index (χ3v) is 4.27. The number of aromatic amines is 1. The van der Waals surface area contributed by atoms with Gasteiger partial charge in [0.25, 0.3) is 5.91 Å². The van der Waals surface area contributed by atoms with Crippen molar-refractivity contribution in [3.05, 3.63) is 58.0 Å². The summed E-state index contributed by atoms with van der Waals surface area (Å²) in [4.78, 5) is 39.2. The SMILES string of the molecule is O=C(O)CNC(=O)c1c(=O)cc(Sc2ccc(F)c(F)c2)n2[nH]cnc12. The lowest BCUT2D eigenvalue weighted by Crippen LogP contribution is -2.33. The smallest absolute Gasteiger partial charge is 0.322 e. The van der Waals surface area contributed by atoms with E-state index in [2.05, 4.69) is 15.4 Å². The number of nitrogens with zero attached hydrogens (tertiary/aromatic N) is 2. The number of amides is 1. The van der Waals surface area contributed by atoms with E-state index in [0.29, 0.717) is 4.90 Å². The van der Waals surface area contributed by atoms with E-state index in [4.69, 9.17) is 5.11 Å². The van der Waals surface area contributed by atoms with Crippen molar-refractivity contribution in [2.24, 2.45) is 0 Å². The highest BCUT2D eigenvalue weighted by Crippen LogP contribution is 2.28. The van der Waals surface area contributed by atoms with Gasteiger partial charge in [-0.05, 0) is 18.2 Å². The van der Waals surface area contributed by atoms with Crippen LogP contribution >= 0.6 is 11.8 Å². The Hall–Kier alpha value is -3.21. The summed E-state index contributed by atoms with van der Waals surface area (Å²) in [6.45, 7) is -0.653. The Morgan fingerprint density at radius 2 is 2.04 bits per heavy atom.